The minimum Gasteiger partial charge on any atom is -0.340 e. The molecule has 0 atom stereocenters. The summed E-state index contributed by atoms with van der Waals surface area (Å²) >= 11 is 0. The summed E-state index contributed by atoms with van der Waals surface area (Å²) in [6.07, 6.45) is 0. The number of aliphatic imine (C=N–C) groups is 1. The van der Waals surface area contributed by atoms with Gasteiger partial charge in [0.25, 0.3) is 5.91 Å². The Morgan fingerprint density at radius 3 is 2.64 bits per heavy atom. The van der Waals surface area contributed by atoms with Crippen molar-refractivity contribution in [3.63, 3.8) is 0 Å². The van der Waals surface area contributed by atoms with Gasteiger partial charge >= 0.3 is 0 Å². The fourth-order valence-corrected chi connectivity index (χ4v) is 3.10. The molecule has 2 aliphatic heterocycles. The van der Waals surface area contributed by atoms with Crippen LogP contribution < -0.4 is 0 Å². The van der Waals surface area contributed by atoms with Crippen molar-refractivity contribution in [2.45, 2.75) is 13.8 Å². The molecule has 0 unspecified atom stereocenters. The first-order valence-corrected chi connectivity index (χ1v) is 8.09. The molecule has 2 heterocycles. The van der Waals surface area contributed by atoms with Crippen LogP contribution in [0.25, 0.3) is 0 Å². The Morgan fingerprint density at radius 1 is 1.18 bits per heavy atom. The molecule has 0 saturated carbocycles. The fourth-order valence-electron chi connectivity index (χ4n) is 3.10. The molecule has 1 aromatic rings. The molecule has 0 bridgehead atoms. The molecule has 0 aromatic heterocycles. The van der Waals surface area contributed by atoms with Crippen LogP contribution in [-0.4, -0.2) is 72.4 Å². The minimum absolute atomic E-state index is 0.0675. The van der Waals surface area contributed by atoms with E-state index in [2.05, 4.69) is 21.7 Å². The molecule has 118 valence electrons. The van der Waals surface area contributed by atoms with Gasteiger partial charge < -0.3 is 9.80 Å². The van der Waals surface area contributed by atoms with Crippen LogP contribution in [-0.2, 0) is 0 Å². The maximum absolute atomic E-state index is 12.8. The van der Waals surface area contributed by atoms with Gasteiger partial charge in [-0.05, 0) is 25.6 Å². The molecule has 0 N–H and O–H groups in total. The normalized spacial score (nSPS) is 19.5. The summed E-state index contributed by atoms with van der Waals surface area (Å²) in [5, 5.41) is 0. The molecule has 1 saturated heterocycles. The van der Waals surface area contributed by atoms with Gasteiger partial charge in [0.05, 0.1) is 6.54 Å². The topological polar surface area (TPSA) is 39.1 Å². The summed E-state index contributed by atoms with van der Waals surface area (Å²) < 4.78 is 0. The highest BCUT2D eigenvalue weighted by Crippen LogP contribution is 2.15. The number of nitrogens with zero attached hydrogens (tertiary/aromatic N) is 4. The summed E-state index contributed by atoms with van der Waals surface area (Å²) in [5.74, 6) is 0.931. The summed E-state index contributed by atoms with van der Waals surface area (Å²) in [4.78, 5) is 23.9. The monoisotopic (exact) mass is 300 g/mol. The van der Waals surface area contributed by atoms with Gasteiger partial charge in [-0.25, -0.2) is 0 Å². The predicted molar refractivity (Wildman–Crippen MR) is 88.2 cm³/mol. The van der Waals surface area contributed by atoms with Crippen LogP contribution in [0.15, 0.2) is 29.3 Å². The molecule has 0 spiro atoms. The maximum atomic E-state index is 12.8. The lowest BCUT2D eigenvalue weighted by atomic mass is 10.1. The zero-order valence-corrected chi connectivity index (χ0v) is 13.5. The Hall–Kier alpha value is -1.88. The van der Waals surface area contributed by atoms with E-state index in [1.54, 1.807) is 0 Å². The molecule has 5 nitrogen and oxygen atoms in total. The number of aryl methyl sites for hydroxylation is 1. The Bertz CT molecular complexity index is 576. The van der Waals surface area contributed by atoms with Gasteiger partial charge in [0.15, 0.2) is 0 Å². The minimum atomic E-state index is 0.0675. The zero-order valence-electron chi connectivity index (χ0n) is 13.5. The van der Waals surface area contributed by atoms with Crippen LogP contribution in [0.4, 0.5) is 0 Å². The van der Waals surface area contributed by atoms with Gasteiger partial charge in [-0.15, -0.1) is 0 Å². The van der Waals surface area contributed by atoms with Crippen LogP contribution in [0.1, 0.15) is 22.8 Å². The molecule has 2 aliphatic rings. The molecule has 0 aliphatic carbocycles. The highest BCUT2D eigenvalue weighted by Gasteiger charge is 2.30. The molecule has 22 heavy (non-hydrogen) atoms. The van der Waals surface area contributed by atoms with Crippen LogP contribution in [0.5, 0.6) is 0 Å². The SMILES string of the molecule is CCN1CCN(C2=NCCN2C(=O)c2cccc(C)c2)CC1. The standard InChI is InChI=1S/C17H24N4O/c1-3-19-9-11-20(12-10-19)17-18-7-8-21(17)16(22)15-6-4-5-14(2)13-15/h4-6,13H,3,7-12H2,1-2H3. The van der Waals surface area contributed by atoms with E-state index in [0.29, 0.717) is 13.1 Å². The molecule has 1 aromatic carbocycles. The second-order valence-electron chi connectivity index (χ2n) is 5.93. The Morgan fingerprint density at radius 2 is 1.95 bits per heavy atom. The molecule has 0 radical (unpaired) electrons. The second kappa shape index (κ2) is 6.48. The summed E-state index contributed by atoms with van der Waals surface area (Å²) in [6, 6.07) is 7.79. The highest BCUT2D eigenvalue weighted by molar-refractivity contribution is 6.06. The summed E-state index contributed by atoms with van der Waals surface area (Å²) in [5.41, 5.74) is 1.86. The number of rotatable bonds is 2. The number of hydrogen-bond donors (Lipinski definition) is 0. The largest absolute Gasteiger partial charge is 0.340 e. The number of piperazine rings is 1. The smallest absolute Gasteiger partial charge is 0.260 e. The number of likely N-dealkylation sites (N-methyl/N-ethyl adjacent to an activating group) is 1. The van der Waals surface area contributed by atoms with Gasteiger partial charge in [0.1, 0.15) is 0 Å². The van der Waals surface area contributed by atoms with Crippen molar-refractivity contribution in [1.29, 1.82) is 0 Å². The van der Waals surface area contributed by atoms with Gasteiger partial charge in [0.2, 0.25) is 5.96 Å². The van der Waals surface area contributed by atoms with Crippen molar-refractivity contribution in [3.8, 4) is 0 Å². The van der Waals surface area contributed by atoms with E-state index >= 15 is 0 Å². The highest BCUT2D eigenvalue weighted by atomic mass is 16.2. The summed E-state index contributed by atoms with van der Waals surface area (Å²) in [6.45, 7) is 10.7. The number of benzene rings is 1. The lowest BCUT2D eigenvalue weighted by Crippen LogP contribution is -2.53. The van der Waals surface area contributed by atoms with Gasteiger partial charge in [-0.1, -0.05) is 24.6 Å². The molecule has 5 heteroatoms. The van der Waals surface area contributed by atoms with Crippen LogP contribution in [0.2, 0.25) is 0 Å². The van der Waals surface area contributed by atoms with Gasteiger partial charge in [-0.3, -0.25) is 14.7 Å². The van der Waals surface area contributed by atoms with E-state index in [0.717, 1.165) is 49.8 Å². The van der Waals surface area contributed by atoms with Crippen molar-refractivity contribution in [2.24, 2.45) is 4.99 Å². The van der Waals surface area contributed by atoms with Crippen molar-refractivity contribution < 1.29 is 4.79 Å². The molecular formula is C17H24N4O. The van der Waals surface area contributed by atoms with Crippen molar-refractivity contribution in [3.05, 3.63) is 35.4 Å². The number of guanidine groups is 1. The Kier molecular flexibility index (Phi) is 4.43. The van der Waals surface area contributed by atoms with Crippen molar-refractivity contribution >= 4 is 11.9 Å². The molecule has 3 rings (SSSR count). The van der Waals surface area contributed by atoms with E-state index in [1.165, 1.54) is 0 Å². The lowest BCUT2D eigenvalue weighted by Gasteiger charge is -2.37. The fraction of sp³-hybridized carbons (Fsp3) is 0.529. The van der Waals surface area contributed by atoms with E-state index in [1.807, 2.05) is 36.1 Å². The first-order valence-electron chi connectivity index (χ1n) is 8.09. The molecule has 1 amide bonds. The Balaban J connectivity index is 1.72. The average molecular weight is 300 g/mol. The zero-order chi connectivity index (χ0) is 15.5. The van der Waals surface area contributed by atoms with E-state index in [9.17, 15) is 4.79 Å². The van der Waals surface area contributed by atoms with Crippen LogP contribution >= 0.6 is 0 Å². The number of amides is 1. The van der Waals surface area contributed by atoms with Gasteiger partial charge in [0, 0.05) is 38.3 Å². The number of carbonyl (C=O) groups excluding carboxylic acids is 1. The molecule has 1 fully saturated rings. The Labute approximate surface area is 132 Å². The van der Waals surface area contributed by atoms with E-state index in [-0.39, 0.29) is 5.91 Å². The van der Waals surface area contributed by atoms with Crippen molar-refractivity contribution in [2.75, 3.05) is 45.8 Å². The lowest BCUT2D eigenvalue weighted by molar-refractivity contribution is 0.0834. The third kappa shape index (κ3) is 2.99. The third-order valence-electron chi connectivity index (χ3n) is 4.43. The van der Waals surface area contributed by atoms with Crippen LogP contribution in [0, 0.1) is 6.92 Å². The van der Waals surface area contributed by atoms with Crippen molar-refractivity contribution in [1.82, 2.24) is 14.7 Å². The first-order chi connectivity index (χ1) is 10.7. The van der Waals surface area contributed by atoms with E-state index < -0.39 is 0 Å². The quantitative estimate of drug-likeness (QED) is 0.830. The van der Waals surface area contributed by atoms with Crippen LogP contribution in [0.3, 0.4) is 0 Å². The first kappa shape index (κ1) is 15.0. The van der Waals surface area contributed by atoms with E-state index in [4.69, 9.17) is 0 Å². The van der Waals surface area contributed by atoms with Gasteiger partial charge in [-0.2, -0.15) is 0 Å². The number of hydrogen-bond acceptors (Lipinski definition) is 4. The average Bonchev–Trinajstić information content (AvgIpc) is 3.04. The summed E-state index contributed by atoms with van der Waals surface area (Å²) in [7, 11) is 0. The predicted octanol–water partition coefficient (Wildman–Crippen LogP) is 1.44. The third-order valence-corrected chi connectivity index (χ3v) is 4.43. The maximum Gasteiger partial charge on any atom is 0.260 e. The number of carbonyl (C=O) groups is 1. The second-order valence-corrected chi connectivity index (χ2v) is 5.93. The molecular weight excluding hydrogens is 276 g/mol.